The highest BCUT2D eigenvalue weighted by molar-refractivity contribution is 7.91. The molecule has 0 bridgehead atoms. The molecule has 2 saturated heterocycles. The summed E-state index contributed by atoms with van der Waals surface area (Å²) < 4.78 is 22.9. The third-order valence-corrected chi connectivity index (χ3v) is 5.30. The van der Waals surface area contributed by atoms with Crippen molar-refractivity contribution in [2.45, 2.75) is 31.8 Å². The highest BCUT2D eigenvalue weighted by Crippen LogP contribution is 2.21. The van der Waals surface area contributed by atoms with Crippen LogP contribution in [0.25, 0.3) is 0 Å². The first-order valence-corrected chi connectivity index (χ1v) is 7.61. The van der Waals surface area contributed by atoms with E-state index in [-0.39, 0.29) is 6.04 Å². The third kappa shape index (κ3) is 2.52. The van der Waals surface area contributed by atoms with E-state index in [1.807, 2.05) is 0 Å². The number of sulfone groups is 1. The average Bonchev–Trinajstić information content (AvgIpc) is 2.77. The van der Waals surface area contributed by atoms with Gasteiger partial charge in [0, 0.05) is 18.6 Å². The molecular formula is C10H20N2O2S. The molecule has 15 heavy (non-hydrogen) atoms. The van der Waals surface area contributed by atoms with Crippen molar-refractivity contribution in [1.29, 1.82) is 0 Å². The molecule has 0 aromatic heterocycles. The smallest absolute Gasteiger partial charge is 0.151 e. The van der Waals surface area contributed by atoms with Crippen molar-refractivity contribution in [1.82, 2.24) is 10.2 Å². The summed E-state index contributed by atoms with van der Waals surface area (Å²) in [7, 11) is -2.74. The lowest BCUT2D eigenvalue weighted by Crippen LogP contribution is -2.44. The molecule has 0 saturated carbocycles. The van der Waals surface area contributed by atoms with Crippen molar-refractivity contribution in [3.05, 3.63) is 0 Å². The molecule has 2 fully saturated rings. The van der Waals surface area contributed by atoms with Gasteiger partial charge in [-0.2, -0.15) is 0 Å². The first-order valence-electron chi connectivity index (χ1n) is 5.79. The van der Waals surface area contributed by atoms with E-state index in [0.29, 0.717) is 17.5 Å². The van der Waals surface area contributed by atoms with Crippen LogP contribution in [0.2, 0.25) is 0 Å². The van der Waals surface area contributed by atoms with Crippen LogP contribution in [0.3, 0.4) is 0 Å². The Labute approximate surface area is 91.9 Å². The summed E-state index contributed by atoms with van der Waals surface area (Å²) in [5.41, 5.74) is 0. The zero-order valence-corrected chi connectivity index (χ0v) is 10.1. The SMILES string of the molecule is CCN(C1CCNC1)C1CCS(=O)(=O)C1. The van der Waals surface area contributed by atoms with Gasteiger partial charge in [0.05, 0.1) is 11.5 Å². The molecule has 0 aromatic carbocycles. The molecule has 88 valence electrons. The van der Waals surface area contributed by atoms with E-state index < -0.39 is 9.84 Å². The summed E-state index contributed by atoms with van der Waals surface area (Å²) >= 11 is 0. The van der Waals surface area contributed by atoms with Crippen LogP contribution < -0.4 is 5.32 Å². The molecule has 5 heteroatoms. The number of hydrogen-bond donors (Lipinski definition) is 1. The largest absolute Gasteiger partial charge is 0.315 e. The second-order valence-electron chi connectivity index (χ2n) is 4.53. The van der Waals surface area contributed by atoms with Gasteiger partial charge in [-0.3, -0.25) is 4.90 Å². The van der Waals surface area contributed by atoms with Gasteiger partial charge in [0.1, 0.15) is 0 Å². The highest BCUT2D eigenvalue weighted by Gasteiger charge is 2.35. The lowest BCUT2D eigenvalue weighted by molar-refractivity contribution is 0.165. The quantitative estimate of drug-likeness (QED) is 0.736. The van der Waals surface area contributed by atoms with E-state index in [0.717, 1.165) is 32.5 Å². The Morgan fingerprint density at radius 2 is 2.13 bits per heavy atom. The topological polar surface area (TPSA) is 49.4 Å². The van der Waals surface area contributed by atoms with Crippen LogP contribution >= 0.6 is 0 Å². The predicted molar refractivity (Wildman–Crippen MR) is 60.7 cm³/mol. The van der Waals surface area contributed by atoms with Crippen molar-refractivity contribution in [3.63, 3.8) is 0 Å². The molecule has 2 aliphatic heterocycles. The second-order valence-corrected chi connectivity index (χ2v) is 6.76. The molecular weight excluding hydrogens is 212 g/mol. The molecule has 2 heterocycles. The monoisotopic (exact) mass is 232 g/mol. The normalized spacial score (nSPS) is 35.1. The Kier molecular flexibility index (Phi) is 3.33. The number of likely N-dealkylation sites (N-methyl/N-ethyl adjacent to an activating group) is 1. The van der Waals surface area contributed by atoms with Crippen molar-refractivity contribution in [2.75, 3.05) is 31.1 Å². The van der Waals surface area contributed by atoms with Gasteiger partial charge < -0.3 is 5.32 Å². The maximum absolute atomic E-state index is 11.4. The fraction of sp³-hybridized carbons (Fsp3) is 1.00. The summed E-state index contributed by atoms with van der Waals surface area (Å²) in [6.45, 7) is 5.18. The lowest BCUT2D eigenvalue weighted by Gasteiger charge is -2.32. The molecule has 1 N–H and O–H groups in total. The second kappa shape index (κ2) is 4.39. The first-order chi connectivity index (χ1) is 7.12. The van der Waals surface area contributed by atoms with Gasteiger partial charge in [-0.15, -0.1) is 0 Å². The summed E-state index contributed by atoms with van der Waals surface area (Å²) in [6.07, 6.45) is 1.98. The lowest BCUT2D eigenvalue weighted by atomic mass is 10.1. The van der Waals surface area contributed by atoms with E-state index in [9.17, 15) is 8.42 Å². The van der Waals surface area contributed by atoms with Crippen LogP contribution in [0, 0.1) is 0 Å². The van der Waals surface area contributed by atoms with Crippen molar-refractivity contribution in [2.24, 2.45) is 0 Å². The fourth-order valence-corrected chi connectivity index (χ4v) is 4.52. The molecule has 0 aromatic rings. The fourth-order valence-electron chi connectivity index (χ4n) is 2.77. The molecule has 2 rings (SSSR count). The minimum atomic E-state index is -2.74. The van der Waals surface area contributed by atoms with Gasteiger partial charge in [0.25, 0.3) is 0 Å². The van der Waals surface area contributed by atoms with E-state index in [1.165, 1.54) is 0 Å². The number of rotatable bonds is 3. The number of nitrogens with one attached hydrogen (secondary N) is 1. The molecule has 0 aliphatic carbocycles. The van der Waals surface area contributed by atoms with E-state index in [4.69, 9.17) is 0 Å². The average molecular weight is 232 g/mol. The van der Waals surface area contributed by atoms with E-state index in [1.54, 1.807) is 0 Å². The zero-order chi connectivity index (χ0) is 10.9. The van der Waals surface area contributed by atoms with Gasteiger partial charge in [0.15, 0.2) is 9.84 Å². The van der Waals surface area contributed by atoms with Gasteiger partial charge >= 0.3 is 0 Å². The molecule has 2 atom stereocenters. The Balaban J connectivity index is 2.01. The van der Waals surface area contributed by atoms with Crippen LogP contribution in [-0.2, 0) is 9.84 Å². The standard InChI is InChI=1S/C10H20N2O2S/c1-2-12(9-3-5-11-7-9)10-4-6-15(13,14)8-10/h9-11H,2-8H2,1H3. The van der Waals surface area contributed by atoms with Crippen LogP contribution in [0.1, 0.15) is 19.8 Å². The summed E-state index contributed by atoms with van der Waals surface area (Å²) in [6, 6.07) is 0.818. The Bertz CT molecular complexity index is 309. The van der Waals surface area contributed by atoms with Crippen LogP contribution in [0.5, 0.6) is 0 Å². The number of nitrogens with zero attached hydrogens (tertiary/aromatic N) is 1. The Morgan fingerprint density at radius 3 is 2.60 bits per heavy atom. The molecule has 2 aliphatic rings. The van der Waals surface area contributed by atoms with Crippen LogP contribution in [0.15, 0.2) is 0 Å². The summed E-state index contributed by atoms with van der Waals surface area (Å²) in [5, 5.41) is 3.34. The summed E-state index contributed by atoms with van der Waals surface area (Å²) in [5.74, 6) is 0.756. The molecule has 0 spiro atoms. The molecule has 2 unspecified atom stereocenters. The zero-order valence-electron chi connectivity index (χ0n) is 9.28. The van der Waals surface area contributed by atoms with Crippen molar-refractivity contribution in [3.8, 4) is 0 Å². The Morgan fingerprint density at radius 1 is 1.33 bits per heavy atom. The van der Waals surface area contributed by atoms with E-state index >= 15 is 0 Å². The van der Waals surface area contributed by atoms with Crippen LogP contribution in [-0.4, -0.2) is 56.5 Å². The van der Waals surface area contributed by atoms with Gasteiger partial charge in [-0.05, 0) is 25.9 Å². The highest BCUT2D eigenvalue weighted by atomic mass is 32.2. The van der Waals surface area contributed by atoms with E-state index in [2.05, 4.69) is 17.1 Å². The van der Waals surface area contributed by atoms with Gasteiger partial charge in [0.2, 0.25) is 0 Å². The first kappa shape index (κ1) is 11.4. The van der Waals surface area contributed by atoms with Gasteiger partial charge in [-0.1, -0.05) is 6.92 Å². The molecule has 0 radical (unpaired) electrons. The Hall–Kier alpha value is -0.130. The molecule has 4 nitrogen and oxygen atoms in total. The maximum atomic E-state index is 11.4. The van der Waals surface area contributed by atoms with Crippen molar-refractivity contribution >= 4 is 9.84 Å². The van der Waals surface area contributed by atoms with Crippen LogP contribution in [0.4, 0.5) is 0 Å². The van der Waals surface area contributed by atoms with Crippen molar-refractivity contribution < 1.29 is 8.42 Å². The minimum Gasteiger partial charge on any atom is -0.315 e. The van der Waals surface area contributed by atoms with Gasteiger partial charge in [-0.25, -0.2) is 8.42 Å². The molecule has 0 amide bonds. The number of hydrogen-bond acceptors (Lipinski definition) is 4. The summed E-state index contributed by atoms with van der Waals surface area (Å²) in [4.78, 5) is 2.38. The minimum absolute atomic E-state index is 0.268. The maximum Gasteiger partial charge on any atom is 0.151 e. The predicted octanol–water partition coefficient (Wildman–Crippen LogP) is -0.143. The third-order valence-electron chi connectivity index (χ3n) is 3.55.